The summed E-state index contributed by atoms with van der Waals surface area (Å²) in [5.41, 5.74) is 2.70. The molecule has 27 heavy (non-hydrogen) atoms. The van der Waals surface area contributed by atoms with Crippen LogP contribution in [0.5, 0.6) is 5.88 Å². The zero-order valence-electron chi connectivity index (χ0n) is 15.8. The number of hydrogen-bond acceptors (Lipinski definition) is 5. The van der Waals surface area contributed by atoms with Gasteiger partial charge in [-0.2, -0.15) is 0 Å². The van der Waals surface area contributed by atoms with Gasteiger partial charge in [-0.3, -0.25) is 9.59 Å². The van der Waals surface area contributed by atoms with E-state index in [1.165, 1.54) is 19.9 Å². The molecule has 8 heteroatoms. The molecule has 2 aromatic rings. The van der Waals surface area contributed by atoms with E-state index < -0.39 is 6.17 Å². The van der Waals surface area contributed by atoms with Gasteiger partial charge in [0.1, 0.15) is 18.6 Å². The molecular formula is C19H23FN4O3. The van der Waals surface area contributed by atoms with Gasteiger partial charge in [0, 0.05) is 37.0 Å². The van der Waals surface area contributed by atoms with Crippen LogP contribution < -0.4 is 15.4 Å². The van der Waals surface area contributed by atoms with Crippen molar-refractivity contribution in [3.63, 3.8) is 0 Å². The lowest BCUT2D eigenvalue weighted by molar-refractivity contribution is -0.114. The molecular weight excluding hydrogens is 351 g/mol. The number of anilines is 1. The molecule has 0 saturated carbocycles. The van der Waals surface area contributed by atoms with Crippen LogP contribution in [-0.4, -0.2) is 34.6 Å². The second-order valence-electron chi connectivity index (χ2n) is 6.29. The van der Waals surface area contributed by atoms with E-state index in [1.54, 1.807) is 25.3 Å². The first-order valence-electron chi connectivity index (χ1n) is 8.51. The summed E-state index contributed by atoms with van der Waals surface area (Å²) in [6.45, 7) is 6.61. The normalized spacial score (nSPS) is 11.6. The average molecular weight is 374 g/mol. The topological polar surface area (TPSA) is 93.2 Å². The van der Waals surface area contributed by atoms with Crippen molar-refractivity contribution in [1.82, 2.24) is 15.3 Å². The number of aromatic nitrogens is 2. The van der Waals surface area contributed by atoms with E-state index in [0.29, 0.717) is 23.0 Å². The third-order valence-corrected chi connectivity index (χ3v) is 3.61. The van der Waals surface area contributed by atoms with Crippen LogP contribution in [0.1, 0.15) is 41.0 Å². The zero-order chi connectivity index (χ0) is 20.0. The molecule has 2 aromatic heterocycles. The van der Waals surface area contributed by atoms with Gasteiger partial charge in [-0.05, 0) is 44.0 Å². The monoisotopic (exact) mass is 374 g/mol. The van der Waals surface area contributed by atoms with Crippen molar-refractivity contribution < 1.29 is 18.7 Å². The molecule has 0 spiro atoms. The standard InChI is InChI=1S/C19H23FN4O3/c1-11-5-18(27-10-12(2)20)21-8-16(11)9-22-19(26)15-6-13(3)23-17(7-15)24-14(4)25/h5-8,12H,9-10H2,1-4H3,(H,22,26)(H,23,24,25)/t12-/m1/s1. The molecule has 0 saturated heterocycles. The molecule has 0 aliphatic carbocycles. The van der Waals surface area contributed by atoms with Crippen molar-refractivity contribution in [3.8, 4) is 5.88 Å². The van der Waals surface area contributed by atoms with Crippen LogP contribution in [0.25, 0.3) is 0 Å². The maximum atomic E-state index is 12.8. The molecule has 0 aromatic carbocycles. The first-order valence-corrected chi connectivity index (χ1v) is 8.51. The van der Waals surface area contributed by atoms with Gasteiger partial charge < -0.3 is 15.4 Å². The van der Waals surface area contributed by atoms with Crippen LogP contribution >= 0.6 is 0 Å². The van der Waals surface area contributed by atoms with Gasteiger partial charge in [0.15, 0.2) is 0 Å². The van der Waals surface area contributed by atoms with Crippen LogP contribution in [-0.2, 0) is 11.3 Å². The number of carbonyl (C=O) groups excluding carboxylic acids is 2. The van der Waals surface area contributed by atoms with Gasteiger partial charge in [-0.15, -0.1) is 0 Å². The number of amides is 2. The minimum absolute atomic E-state index is 0.0550. The fourth-order valence-corrected chi connectivity index (χ4v) is 2.34. The van der Waals surface area contributed by atoms with E-state index in [2.05, 4.69) is 20.6 Å². The molecule has 2 rings (SSSR count). The second kappa shape index (κ2) is 9.07. The van der Waals surface area contributed by atoms with E-state index in [9.17, 15) is 14.0 Å². The number of carbonyl (C=O) groups is 2. The number of halogens is 1. The molecule has 0 unspecified atom stereocenters. The highest BCUT2D eigenvalue weighted by atomic mass is 19.1. The van der Waals surface area contributed by atoms with E-state index in [1.807, 2.05) is 6.92 Å². The Morgan fingerprint density at radius 1 is 1.26 bits per heavy atom. The SMILES string of the molecule is CC(=O)Nc1cc(C(=O)NCc2cnc(OC[C@@H](C)F)cc2C)cc(C)n1. The Hall–Kier alpha value is -3.03. The molecule has 0 radical (unpaired) electrons. The number of nitrogens with one attached hydrogen (secondary N) is 2. The summed E-state index contributed by atoms with van der Waals surface area (Å²) in [6.07, 6.45) is 0.520. The van der Waals surface area contributed by atoms with Crippen molar-refractivity contribution in [2.45, 2.75) is 40.4 Å². The Morgan fingerprint density at radius 2 is 2.00 bits per heavy atom. The fourth-order valence-electron chi connectivity index (χ4n) is 2.34. The number of aryl methyl sites for hydroxylation is 2. The van der Waals surface area contributed by atoms with Gasteiger partial charge in [0.2, 0.25) is 11.8 Å². The highest BCUT2D eigenvalue weighted by Crippen LogP contribution is 2.15. The number of pyridine rings is 2. The van der Waals surface area contributed by atoms with Crippen molar-refractivity contribution in [1.29, 1.82) is 0 Å². The lowest BCUT2D eigenvalue weighted by Gasteiger charge is -2.11. The third kappa shape index (κ3) is 6.32. The summed E-state index contributed by atoms with van der Waals surface area (Å²) >= 11 is 0. The lowest BCUT2D eigenvalue weighted by atomic mass is 10.1. The molecule has 0 fully saturated rings. The summed E-state index contributed by atoms with van der Waals surface area (Å²) in [5, 5.41) is 5.38. The third-order valence-electron chi connectivity index (χ3n) is 3.61. The maximum Gasteiger partial charge on any atom is 0.251 e. The average Bonchev–Trinajstić information content (AvgIpc) is 2.57. The fraction of sp³-hybridized carbons (Fsp3) is 0.368. The maximum absolute atomic E-state index is 12.8. The number of alkyl halides is 1. The number of nitrogens with zero attached hydrogens (tertiary/aromatic N) is 2. The van der Waals surface area contributed by atoms with Gasteiger partial charge in [0.25, 0.3) is 5.91 Å². The number of ether oxygens (including phenoxy) is 1. The molecule has 0 aliphatic heterocycles. The van der Waals surface area contributed by atoms with Gasteiger partial charge >= 0.3 is 0 Å². The van der Waals surface area contributed by atoms with Crippen molar-refractivity contribution in [3.05, 3.63) is 46.8 Å². The van der Waals surface area contributed by atoms with E-state index >= 15 is 0 Å². The molecule has 144 valence electrons. The van der Waals surface area contributed by atoms with Crippen molar-refractivity contribution >= 4 is 17.6 Å². The van der Waals surface area contributed by atoms with Crippen LogP contribution in [0.2, 0.25) is 0 Å². The Balaban J connectivity index is 2.03. The molecule has 0 bridgehead atoms. The molecule has 2 N–H and O–H groups in total. The van der Waals surface area contributed by atoms with Gasteiger partial charge in [0.05, 0.1) is 0 Å². The minimum atomic E-state index is -1.07. The Labute approximate surface area is 157 Å². The second-order valence-corrected chi connectivity index (χ2v) is 6.29. The number of rotatable bonds is 7. The Morgan fingerprint density at radius 3 is 2.63 bits per heavy atom. The predicted molar refractivity (Wildman–Crippen MR) is 99.5 cm³/mol. The molecule has 2 amide bonds. The summed E-state index contributed by atoms with van der Waals surface area (Å²) in [5.74, 6) is 0.120. The Kier molecular flexibility index (Phi) is 6.81. The lowest BCUT2D eigenvalue weighted by Crippen LogP contribution is -2.24. The predicted octanol–water partition coefficient (Wildman–Crippen LogP) is 2.72. The molecule has 7 nitrogen and oxygen atoms in total. The quantitative estimate of drug-likeness (QED) is 0.777. The summed E-state index contributed by atoms with van der Waals surface area (Å²) < 4.78 is 18.1. The summed E-state index contributed by atoms with van der Waals surface area (Å²) in [4.78, 5) is 31.9. The summed E-state index contributed by atoms with van der Waals surface area (Å²) in [7, 11) is 0. The van der Waals surface area contributed by atoms with Crippen LogP contribution in [0.4, 0.5) is 10.2 Å². The molecule has 1 atom stereocenters. The van der Waals surface area contributed by atoms with E-state index in [0.717, 1.165) is 11.1 Å². The first kappa shape index (κ1) is 20.3. The van der Waals surface area contributed by atoms with Crippen LogP contribution in [0.15, 0.2) is 24.4 Å². The highest BCUT2D eigenvalue weighted by molar-refractivity contribution is 5.96. The van der Waals surface area contributed by atoms with Gasteiger partial charge in [-0.25, -0.2) is 14.4 Å². The number of hydrogen-bond donors (Lipinski definition) is 2. The Bertz CT molecular complexity index is 840. The summed E-state index contributed by atoms with van der Waals surface area (Å²) in [6, 6.07) is 4.86. The molecule has 0 aliphatic rings. The zero-order valence-corrected chi connectivity index (χ0v) is 15.8. The van der Waals surface area contributed by atoms with Crippen molar-refractivity contribution in [2.75, 3.05) is 11.9 Å². The van der Waals surface area contributed by atoms with E-state index in [-0.39, 0.29) is 25.0 Å². The van der Waals surface area contributed by atoms with Crippen molar-refractivity contribution in [2.24, 2.45) is 0 Å². The highest BCUT2D eigenvalue weighted by Gasteiger charge is 2.11. The van der Waals surface area contributed by atoms with Gasteiger partial charge in [-0.1, -0.05) is 0 Å². The molecule has 2 heterocycles. The van der Waals surface area contributed by atoms with Crippen LogP contribution in [0, 0.1) is 13.8 Å². The smallest absolute Gasteiger partial charge is 0.251 e. The first-order chi connectivity index (χ1) is 12.7. The largest absolute Gasteiger partial charge is 0.475 e. The van der Waals surface area contributed by atoms with Crippen LogP contribution in [0.3, 0.4) is 0 Å². The minimum Gasteiger partial charge on any atom is -0.475 e. The van der Waals surface area contributed by atoms with E-state index in [4.69, 9.17) is 4.74 Å².